The van der Waals surface area contributed by atoms with Crippen molar-refractivity contribution in [1.29, 1.82) is 0 Å². The van der Waals surface area contributed by atoms with Gasteiger partial charge < -0.3 is 4.74 Å². The zero-order valence-electron chi connectivity index (χ0n) is 14.1. The van der Waals surface area contributed by atoms with E-state index in [1.807, 2.05) is 31.2 Å². The third-order valence-electron chi connectivity index (χ3n) is 3.72. The molecule has 0 fully saturated rings. The van der Waals surface area contributed by atoms with E-state index in [2.05, 4.69) is 4.72 Å². The van der Waals surface area contributed by atoms with Gasteiger partial charge in [0.25, 0.3) is 5.69 Å². The number of sulfonamides is 1. The number of nitrogens with one attached hydrogen (secondary N) is 1. The van der Waals surface area contributed by atoms with Gasteiger partial charge in [-0.05, 0) is 31.0 Å². The fourth-order valence-corrected chi connectivity index (χ4v) is 3.32. The maximum atomic E-state index is 12.5. The predicted octanol–water partition coefficient (Wildman–Crippen LogP) is 2.92. The Hall–Kier alpha value is -2.29. The summed E-state index contributed by atoms with van der Waals surface area (Å²) in [6.07, 6.45) is 0. The van der Waals surface area contributed by atoms with Crippen LogP contribution in [0.15, 0.2) is 47.4 Å². The monoisotopic (exact) mass is 364 g/mol. The summed E-state index contributed by atoms with van der Waals surface area (Å²) in [6.45, 7) is 4.48. The van der Waals surface area contributed by atoms with Crippen molar-refractivity contribution in [3.8, 4) is 0 Å². The van der Waals surface area contributed by atoms with E-state index >= 15 is 0 Å². The number of benzene rings is 2. The number of hydrogen-bond donors (Lipinski definition) is 1. The molecule has 0 saturated heterocycles. The summed E-state index contributed by atoms with van der Waals surface area (Å²) in [7, 11) is -3.86. The molecular formula is C17H20N2O5S. The predicted molar refractivity (Wildman–Crippen MR) is 93.6 cm³/mol. The van der Waals surface area contributed by atoms with Crippen LogP contribution in [-0.4, -0.2) is 19.9 Å². The van der Waals surface area contributed by atoms with Crippen LogP contribution in [0.5, 0.6) is 0 Å². The van der Waals surface area contributed by atoms with E-state index in [4.69, 9.17) is 4.74 Å². The Bertz CT molecular complexity index is 865. The van der Waals surface area contributed by atoms with Crippen LogP contribution in [0.4, 0.5) is 5.69 Å². The quantitative estimate of drug-likeness (QED) is 0.573. The van der Waals surface area contributed by atoms with Gasteiger partial charge in [0.15, 0.2) is 0 Å². The lowest BCUT2D eigenvalue weighted by Crippen LogP contribution is -2.24. The molecule has 0 aliphatic rings. The molecule has 0 aliphatic heterocycles. The second-order valence-corrected chi connectivity index (χ2v) is 7.20. The van der Waals surface area contributed by atoms with Crippen molar-refractivity contribution >= 4 is 15.7 Å². The van der Waals surface area contributed by atoms with Crippen molar-refractivity contribution in [2.75, 3.05) is 6.61 Å². The lowest BCUT2D eigenvalue weighted by atomic mass is 10.1. The molecule has 7 nitrogen and oxygen atoms in total. The second-order valence-electron chi connectivity index (χ2n) is 5.44. The van der Waals surface area contributed by atoms with E-state index in [0.717, 1.165) is 17.2 Å². The van der Waals surface area contributed by atoms with Crippen LogP contribution in [0.25, 0.3) is 0 Å². The lowest BCUT2D eigenvalue weighted by Gasteiger charge is -2.11. The molecule has 2 aromatic carbocycles. The van der Waals surface area contributed by atoms with Gasteiger partial charge in [-0.1, -0.05) is 30.3 Å². The van der Waals surface area contributed by atoms with Crippen molar-refractivity contribution in [3.63, 3.8) is 0 Å². The second kappa shape index (κ2) is 8.19. The van der Waals surface area contributed by atoms with Gasteiger partial charge >= 0.3 is 0 Å². The van der Waals surface area contributed by atoms with Gasteiger partial charge in [-0.25, -0.2) is 13.1 Å². The van der Waals surface area contributed by atoms with Crippen LogP contribution < -0.4 is 4.72 Å². The minimum absolute atomic E-state index is 0.0766. The minimum Gasteiger partial charge on any atom is -0.377 e. The molecular weight excluding hydrogens is 344 g/mol. The number of nitrogens with zero attached hydrogens (tertiary/aromatic N) is 1. The molecule has 0 saturated carbocycles. The molecule has 0 aliphatic carbocycles. The lowest BCUT2D eigenvalue weighted by molar-refractivity contribution is -0.385. The number of ether oxygens (including phenoxy) is 1. The fourth-order valence-electron chi connectivity index (χ4n) is 2.29. The number of nitro benzene ring substituents is 1. The van der Waals surface area contributed by atoms with Crippen molar-refractivity contribution < 1.29 is 18.1 Å². The highest BCUT2D eigenvalue weighted by molar-refractivity contribution is 7.89. The van der Waals surface area contributed by atoms with E-state index < -0.39 is 14.9 Å². The van der Waals surface area contributed by atoms with Crippen molar-refractivity contribution in [2.45, 2.75) is 31.9 Å². The summed E-state index contributed by atoms with van der Waals surface area (Å²) in [5.41, 5.74) is 1.87. The Kier molecular flexibility index (Phi) is 6.24. The van der Waals surface area contributed by atoms with Gasteiger partial charge in [-0.3, -0.25) is 10.1 Å². The van der Waals surface area contributed by atoms with E-state index in [1.165, 1.54) is 12.1 Å². The number of aryl methyl sites for hydroxylation is 1. The third kappa shape index (κ3) is 4.85. The highest BCUT2D eigenvalue weighted by Crippen LogP contribution is 2.22. The van der Waals surface area contributed by atoms with Gasteiger partial charge in [0, 0.05) is 24.8 Å². The first kappa shape index (κ1) is 19.0. The Labute approximate surface area is 146 Å². The Morgan fingerprint density at radius 2 is 1.84 bits per heavy atom. The van der Waals surface area contributed by atoms with Crippen LogP contribution in [0, 0.1) is 17.0 Å². The zero-order valence-corrected chi connectivity index (χ0v) is 14.9. The standard InChI is InChI=1S/C17H20N2O5S/c1-3-24-12-15-7-5-4-6-14(15)11-18-25(22,23)16-9-8-13(2)17(10-16)19(20)21/h4-10,18H,3,11-12H2,1-2H3. The molecule has 8 heteroatoms. The molecule has 2 rings (SSSR count). The van der Waals surface area contributed by atoms with E-state index in [9.17, 15) is 18.5 Å². The Morgan fingerprint density at radius 3 is 2.48 bits per heavy atom. The van der Waals surface area contributed by atoms with Crippen LogP contribution in [0.1, 0.15) is 23.6 Å². The first-order valence-electron chi connectivity index (χ1n) is 7.74. The van der Waals surface area contributed by atoms with Gasteiger partial charge in [0.1, 0.15) is 0 Å². The van der Waals surface area contributed by atoms with Gasteiger partial charge in [-0.15, -0.1) is 0 Å². The van der Waals surface area contributed by atoms with Crippen LogP contribution in [-0.2, 0) is 27.9 Å². The molecule has 0 heterocycles. The Balaban J connectivity index is 2.20. The summed E-state index contributed by atoms with van der Waals surface area (Å²) in [4.78, 5) is 10.3. The normalized spacial score (nSPS) is 11.4. The summed E-state index contributed by atoms with van der Waals surface area (Å²) in [5.74, 6) is 0. The Morgan fingerprint density at radius 1 is 1.16 bits per heavy atom. The first-order chi connectivity index (χ1) is 11.8. The molecule has 0 unspecified atom stereocenters. The smallest absolute Gasteiger partial charge is 0.273 e. The topological polar surface area (TPSA) is 98.5 Å². The van der Waals surface area contributed by atoms with Crippen LogP contribution >= 0.6 is 0 Å². The van der Waals surface area contributed by atoms with Crippen LogP contribution in [0.2, 0.25) is 0 Å². The minimum atomic E-state index is -3.86. The zero-order chi connectivity index (χ0) is 18.4. The van der Waals surface area contributed by atoms with Crippen molar-refractivity contribution in [3.05, 3.63) is 69.3 Å². The molecule has 134 valence electrons. The average Bonchev–Trinajstić information content (AvgIpc) is 2.58. The van der Waals surface area contributed by atoms with E-state index in [-0.39, 0.29) is 17.1 Å². The summed E-state index contributed by atoms with van der Waals surface area (Å²) in [5, 5.41) is 11.0. The number of nitro groups is 1. The molecule has 2 aromatic rings. The van der Waals surface area contributed by atoms with Gasteiger partial charge in [0.05, 0.1) is 16.4 Å². The van der Waals surface area contributed by atoms with E-state index in [1.54, 1.807) is 6.92 Å². The highest BCUT2D eigenvalue weighted by atomic mass is 32.2. The molecule has 0 bridgehead atoms. The van der Waals surface area contributed by atoms with Gasteiger partial charge in [0.2, 0.25) is 10.0 Å². The molecule has 1 N–H and O–H groups in total. The summed E-state index contributed by atoms with van der Waals surface area (Å²) < 4.78 is 32.8. The summed E-state index contributed by atoms with van der Waals surface area (Å²) >= 11 is 0. The third-order valence-corrected chi connectivity index (χ3v) is 5.12. The van der Waals surface area contributed by atoms with Crippen molar-refractivity contribution in [2.24, 2.45) is 0 Å². The fraction of sp³-hybridized carbons (Fsp3) is 0.294. The maximum absolute atomic E-state index is 12.5. The molecule has 0 aromatic heterocycles. The van der Waals surface area contributed by atoms with E-state index in [0.29, 0.717) is 18.8 Å². The highest BCUT2D eigenvalue weighted by Gasteiger charge is 2.19. The molecule has 0 spiro atoms. The maximum Gasteiger partial charge on any atom is 0.273 e. The molecule has 25 heavy (non-hydrogen) atoms. The SMILES string of the molecule is CCOCc1ccccc1CNS(=O)(=O)c1ccc(C)c([N+](=O)[O-])c1. The van der Waals surface area contributed by atoms with Gasteiger partial charge in [-0.2, -0.15) is 0 Å². The average molecular weight is 364 g/mol. The molecule has 0 amide bonds. The number of hydrogen-bond acceptors (Lipinski definition) is 5. The molecule has 0 atom stereocenters. The summed E-state index contributed by atoms with van der Waals surface area (Å²) in [6, 6.07) is 11.2. The molecule has 0 radical (unpaired) electrons. The largest absolute Gasteiger partial charge is 0.377 e. The number of rotatable bonds is 8. The first-order valence-corrected chi connectivity index (χ1v) is 9.22. The van der Waals surface area contributed by atoms with Crippen LogP contribution in [0.3, 0.4) is 0 Å². The van der Waals surface area contributed by atoms with Crippen molar-refractivity contribution in [1.82, 2.24) is 4.72 Å².